The van der Waals surface area contributed by atoms with E-state index in [1.807, 2.05) is 59.5 Å². The molecule has 2 aromatic rings. The summed E-state index contributed by atoms with van der Waals surface area (Å²) in [5.74, 6) is 0. The minimum absolute atomic E-state index is 0. The van der Waals surface area contributed by atoms with Gasteiger partial charge in [0, 0.05) is 177 Å². The first-order chi connectivity index (χ1) is 10.7. The Morgan fingerprint density at radius 2 is 0.946 bits per heavy atom. The molecular formula is C29H69N2Y6-4. The number of nitrogens with zero attached hydrogens (tertiary/aromatic N) is 2. The zero-order valence-corrected chi connectivity index (χ0v) is 43.2. The van der Waals surface area contributed by atoms with E-state index in [0.29, 0.717) is 0 Å². The normalized spacial score (nSPS) is 4.81. The number of hydrogen-bond acceptors (Lipinski definition) is 1. The first-order valence-electron chi connectivity index (χ1n) is 8.91. The number of benzene rings is 1. The Labute approximate surface area is 394 Å². The van der Waals surface area contributed by atoms with Crippen LogP contribution in [0, 0.1) is 51.5 Å². The number of aryl methyl sites for hydroxylation is 2. The molecule has 0 saturated carbocycles. The van der Waals surface area contributed by atoms with Crippen LogP contribution < -0.4 is 0 Å². The minimum atomic E-state index is 0. The fourth-order valence-electron chi connectivity index (χ4n) is 1.72. The average molecular weight is 979 g/mol. The summed E-state index contributed by atoms with van der Waals surface area (Å²) in [4.78, 5) is 0. The van der Waals surface area contributed by atoms with Crippen molar-refractivity contribution in [3.05, 3.63) is 80.9 Å². The second-order valence-corrected chi connectivity index (χ2v) is 3.97. The van der Waals surface area contributed by atoms with Crippen LogP contribution in [0.25, 0.3) is 10.9 Å². The Morgan fingerprint density at radius 3 is 1.19 bits per heavy atom. The molecule has 0 N–H and O–H groups in total. The molecule has 217 valence electrons. The molecule has 2 nitrogen and oxygen atoms in total. The van der Waals surface area contributed by atoms with Gasteiger partial charge < -0.3 is 49.2 Å². The molecule has 0 unspecified atom stereocenters. The Morgan fingerprint density at radius 1 is 0.676 bits per heavy atom. The van der Waals surface area contributed by atoms with E-state index < -0.39 is 0 Å². The maximum atomic E-state index is 4.21. The smallest absolute Gasteiger partial charge is 0.358 e. The molecule has 0 fully saturated rings. The molecule has 0 bridgehead atoms. The van der Waals surface area contributed by atoms with Crippen molar-refractivity contribution < 1.29 is 196 Å². The number of aromatic nitrogens is 2. The van der Waals surface area contributed by atoms with Crippen LogP contribution in [-0.2, 0) is 210 Å². The van der Waals surface area contributed by atoms with Gasteiger partial charge in [-0.3, -0.25) is 0 Å². The molecule has 37 heavy (non-hydrogen) atoms. The first-order valence-corrected chi connectivity index (χ1v) is 8.91. The molecular weight excluding hydrogens is 910 g/mol. The molecule has 2 rings (SSSR count). The van der Waals surface area contributed by atoms with Crippen LogP contribution in [0.15, 0.2) is 18.3 Å². The van der Waals surface area contributed by atoms with Crippen LogP contribution in [0.2, 0.25) is 0 Å². The maximum absolute atomic E-state index is 4.21. The molecule has 1 aromatic heterocycles. The van der Waals surface area contributed by atoms with E-state index >= 15 is 0 Å². The van der Waals surface area contributed by atoms with Gasteiger partial charge in [-0.05, 0) is 10.9 Å². The van der Waals surface area contributed by atoms with Crippen molar-refractivity contribution in [2.75, 3.05) is 0 Å². The summed E-state index contributed by atoms with van der Waals surface area (Å²) >= 11 is 0. The van der Waals surface area contributed by atoms with Gasteiger partial charge in [-0.15, -0.1) is 11.6 Å². The molecule has 0 spiro atoms. The van der Waals surface area contributed by atoms with Gasteiger partial charge in [0.1, 0.15) is 0 Å². The average Bonchev–Trinajstić information content (AvgIpc) is 2.96. The Kier molecular flexibility index (Phi) is 321. The van der Waals surface area contributed by atoms with E-state index in [-0.39, 0.29) is 263 Å². The van der Waals surface area contributed by atoms with Gasteiger partial charge in [0.25, 0.3) is 0 Å². The second-order valence-electron chi connectivity index (χ2n) is 3.97. The zero-order valence-electron chi connectivity index (χ0n) is 26.2. The monoisotopic (exact) mass is 979 g/mol. The van der Waals surface area contributed by atoms with E-state index in [4.69, 9.17) is 0 Å². The number of rotatable bonds is 1. The quantitative estimate of drug-likeness (QED) is 0.260. The molecule has 1 aromatic carbocycles. The molecule has 5 radical (unpaired) electrons. The van der Waals surface area contributed by atoms with Crippen molar-refractivity contribution in [1.29, 1.82) is 0 Å². The van der Waals surface area contributed by atoms with Crippen LogP contribution in [0.3, 0.4) is 0 Å². The van der Waals surface area contributed by atoms with Crippen molar-refractivity contribution in [3.63, 3.8) is 0 Å². The number of fused-ring (bicyclic) bond motifs is 1. The van der Waals surface area contributed by atoms with Crippen LogP contribution in [0.1, 0.15) is 102 Å². The summed E-state index contributed by atoms with van der Waals surface area (Å²) < 4.78 is 1.89. The zero-order chi connectivity index (χ0) is 18.1. The van der Waals surface area contributed by atoms with Crippen LogP contribution in [0.4, 0.5) is 0 Å². The van der Waals surface area contributed by atoms with Crippen LogP contribution >= 0.6 is 0 Å². The van der Waals surface area contributed by atoms with E-state index in [1.165, 1.54) is 17.4 Å². The van der Waals surface area contributed by atoms with Crippen molar-refractivity contribution in [3.8, 4) is 0 Å². The summed E-state index contributed by atoms with van der Waals surface area (Å²) in [6, 6.07) is 4.24. The minimum Gasteiger partial charge on any atom is -0.358 e. The van der Waals surface area contributed by atoms with Gasteiger partial charge in [0.15, 0.2) is 0 Å². The van der Waals surface area contributed by atoms with Crippen molar-refractivity contribution in [2.24, 2.45) is 7.05 Å². The largest absolute Gasteiger partial charge is 3.00 e. The van der Waals surface area contributed by atoms with E-state index in [2.05, 4.69) is 44.9 Å². The molecule has 8 heteroatoms. The summed E-state index contributed by atoms with van der Waals surface area (Å²) in [5.41, 5.74) is 3.57. The summed E-state index contributed by atoms with van der Waals surface area (Å²) in [6.07, 6.45) is 4.16. The van der Waals surface area contributed by atoms with Crippen molar-refractivity contribution >= 4 is 10.9 Å². The SMILES string of the molecule is C.C.C.CC.CC.CC.CCC.[CH2-]c1c(CC)ccc2cnn(C)c12.[CH3-].[CH3-].[CH3-].[CH3-].[CH3-].[CH3-].[Y+3].[Y].[Y].[Y].[Y].[Y]. The van der Waals surface area contributed by atoms with Gasteiger partial charge in [-0.25, -0.2) is 0 Å². The van der Waals surface area contributed by atoms with Gasteiger partial charge >= 0.3 is 32.7 Å². The second kappa shape index (κ2) is 97.0. The number of hydrogen-bond donors (Lipinski definition) is 0. The van der Waals surface area contributed by atoms with E-state index in [9.17, 15) is 0 Å². The van der Waals surface area contributed by atoms with Crippen molar-refractivity contribution in [1.82, 2.24) is 9.78 Å². The van der Waals surface area contributed by atoms with E-state index in [0.717, 1.165) is 17.5 Å². The predicted octanol–water partition coefficient (Wildman–Crippen LogP) is 11.4. The predicted molar refractivity (Wildman–Crippen MR) is 163 cm³/mol. The van der Waals surface area contributed by atoms with Gasteiger partial charge in [-0.2, -0.15) is 17.6 Å². The van der Waals surface area contributed by atoms with E-state index in [1.54, 1.807) is 0 Å². The Bertz CT molecular complexity index is 481. The summed E-state index contributed by atoms with van der Waals surface area (Å²) in [6.45, 7) is 22.5. The van der Waals surface area contributed by atoms with Gasteiger partial charge in [-0.1, -0.05) is 104 Å². The van der Waals surface area contributed by atoms with Gasteiger partial charge in [0.2, 0.25) is 0 Å². The third-order valence-corrected chi connectivity index (χ3v) is 2.49. The molecule has 0 atom stereocenters. The molecule has 1 heterocycles. The topological polar surface area (TPSA) is 17.8 Å². The molecule has 0 aliphatic rings. The molecule has 0 amide bonds. The Balaban J connectivity index is -0.00000000864. The molecule has 0 aliphatic carbocycles. The van der Waals surface area contributed by atoms with Crippen LogP contribution in [-0.4, -0.2) is 9.78 Å². The molecule has 0 saturated heterocycles. The summed E-state index contributed by atoms with van der Waals surface area (Å²) in [7, 11) is 1.95. The standard InChI is InChI=1S/C11H13N2.C3H8.3C2H6.3CH4.6CH3.6Y/c1-4-9-5-6-10-7-12-13(3)11(10)8(9)2;1-3-2;3*1-2;;;;;;;;;;;;;;;/h5-7H,2,4H2,1,3H3;3H2,1-2H3;3*1-2H3;3*1H4;6*1H3;;;;;;/q-1;;;;;;;;6*-1;;;;;;+3. The Hall–Kier alpha value is 5.18. The maximum Gasteiger partial charge on any atom is 3.00 e. The fraction of sp³-hybridized carbons (Fsp3) is 0.517. The van der Waals surface area contributed by atoms with Crippen molar-refractivity contribution in [2.45, 2.75) is 97.4 Å². The summed E-state index contributed by atoms with van der Waals surface area (Å²) in [5, 5.41) is 5.38. The molecule has 0 aliphatic heterocycles. The first kappa shape index (κ1) is 122. The van der Waals surface area contributed by atoms with Gasteiger partial charge in [0.05, 0.1) is 0 Å². The fourth-order valence-corrected chi connectivity index (χ4v) is 1.72. The van der Waals surface area contributed by atoms with Crippen LogP contribution in [0.5, 0.6) is 0 Å². The third-order valence-electron chi connectivity index (χ3n) is 2.49. The third kappa shape index (κ3) is 57.4.